The lowest BCUT2D eigenvalue weighted by atomic mass is 9.99. The van der Waals surface area contributed by atoms with Crippen LogP contribution in [-0.2, 0) is 11.2 Å². The third-order valence-electron chi connectivity index (χ3n) is 3.36. The Morgan fingerprint density at radius 3 is 3.06 bits per heavy atom. The fraction of sp³-hybridized carbons (Fsp3) is 0.714. The minimum absolute atomic E-state index is 0.395. The summed E-state index contributed by atoms with van der Waals surface area (Å²) in [6, 6.07) is 2.70. The Kier molecular flexibility index (Phi) is 6.15. The first kappa shape index (κ1) is 14.5. The van der Waals surface area contributed by atoms with E-state index in [1.807, 2.05) is 11.3 Å². The molecule has 2 rings (SSSR count). The van der Waals surface area contributed by atoms with Gasteiger partial charge in [0.05, 0.1) is 6.10 Å². The van der Waals surface area contributed by atoms with Gasteiger partial charge in [-0.15, -0.1) is 11.3 Å². The molecule has 102 valence electrons. The molecule has 2 nitrogen and oxygen atoms in total. The van der Waals surface area contributed by atoms with Crippen molar-refractivity contribution >= 4 is 27.3 Å². The van der Waals surface area contributed by atoms with Crippen LogP contribution >= 0.6 is 27.3 Å². The molecule has 1 aromatic heterocycles. The number of rotatable bonds is 6. The highest BCUT2D eigenvalue weighted by Gasteiger charge is 2.24. The van der Waals surface area contributed by atoms with Gasteiger partial charge in [-0.1, -0.05) is 6.92 Å². The summed E-state index contributed by atoms with van der Waals surface area (Å²) in [5.74, 6) is 0. The standard InChI is InChI=1S/C14H22BrNOS/c1-2-6-16-13(14-5-3-4-7-17-14)9-12-8-11(15)10-18-12/h8,10,13-14,16H,2-7,9H2,1H3. The van der Waals surface area contributed by atoms with E-state index < -0.39 is 0 Å². The van der Waals surface area contributed by atoms with Gasteiger partial charge in [0.15, 0.2) is 0 Å². The van der Waals surface area contributed by atoms with E-state index in [4.69, 9.17) is 4.74 Å². The van der Waals surface area contributed by atoms with Gasteiger partial charge in [0.25, 0.3) is 0 Å². The summed E-state index contributed by atoms with van der Waals surface area (Å²) in [5, 5.41) is 5.82. The molecule has 1 N–H and O–H groups in total. The van der Waals surface area contributed by atoms with Crippen LogP contribution in [0.4, 0.5) is 0 Å². The van der Waals surface area contributed by atoms with Crippen LogP contribution in [0.5, 0.6) is 0 Å². The molecule has 0 aliphatic carbocycles. The van der Waals surface area contributed by atoms with Crippen LogP contribution in [0, 0.1) is 0 Å². The molecule has 1 aliphatic rings. The van der Waals surface area contributed by atoms with E-state index in [1.165, 1.54) is 35.0 Å². The number of ether oxygens (including phenoxy) is 1. The summed E-state index contributed by atoms with van der Waals surface area (Å²) >= 11 is 5.36. The summed E-state index contributed by atoms with van der Waals surface area (Å²) in [5.41, 5.74) is 0. The third kappa shape index (κ3) is 4.34. The Balaban J connectivity index is 1.94. The SMILES string of the molecule is CCCNC(Cc1cc(Br)cs1)C1CCCCO1. The van der Waals surface area contributed by atoms with Crippen molar-refractivity contribution in [1.82, 2.24) is 5.32 Å². The topological polar surface area (TPSA) is 21.3 Å². The Hall–Kier alpha value is 0.1000. The van der Waals surface area contributed by atoms with E-state index in [-0.39, 0.29) is 0 Å². The zero-order valence-corrected chi connectivity index (χ0v) is 13.4. The average Bonchev–Trinajstić information content (AvgIpc) is 2.81. The first-order chi connectivity index (χ1) is 8.79. The molecule has 0 radical (unpaired) electrons. The summed E-state index contributed by atoms with van der Waals surface area (Å²) in [7, 11) is 0. The summed E-state index contributed by atoms with van der Waals surface area (Å²) in [6.07, 6.45) is 6.39. The largest absolute Gasteiger partial charge is 0.377 e. The van der Waals surface area contributed by atoms with Gasteiger partial charge in [-0.2, -0.15) is 0 Å². The Labute approximate surface area is 122 Å². The second kappa shape index (κ2) is 7.63. The van der Waals surface area contributed by atoms with Crippen LogP contribution in [0.15, 0.2) is 15.9 Å². The highest BCUT2D eigenvalue weighted by molar-refractivity contribution is 9.10. The maximum atomic E-state index is 5.95. The van der Waals surface area contributed by atoms with Crippen LogP contribution in [0.2, 0.25) is 0 Å². The normalized spacial score (nSPS) is 22.0. The molecule has 1 fully saturated rings. The molecule has 1 aliphatic heterocycles. The highest BCUT2D eigenvalue weighted by atomic mass is 79.9. The molecule has 1 saturated heterocycles. The van der Waals surface area contributed by atoms with E-state index in [0.29, 0.717) is 12.1 Å². The van der Waals surface area contributed by atoms with E-state index in [0.717, 1.165) is 19.6 Å². The van der Waals surface area contributed by atoms with Crippen molar-refractivity contribution in [3.8, 4) is 0 Å². The summed E-state index contributed by atoms with van der Waals surface area (Å²) in [6.45, 7) is 4.23. The van der Waals surface area contributed by atoms with Gasteiger partial charge < -0.3 is 10.1 Å². The minimum atomic E-state index is 0.395. The molecule has 2 unspecified atom stereocenters. The highest BCUT2D eigenvalue weighted by Crippen LogP contribution is 2.24. The zero-order valence-electron chi connectivity index (χ0n) is 11.0. The molecular formula is C14H22BrNOS. The van der Waals surface area contributed by atoms with Crippen molar-refractivity contribution in [2.45, 2.75) is 51.2 Å². The zero-order chi connectivity index (χ0) is 12.8. The lowest BCUT2D eigenvalue weighted by Crippen LogP contribution is -2.44. The van der Waals surface area contributed by atoms with Gasteiger partial charge in [-0.3, -0.25) is 0 Å². The molecule has 2 heterocycles. The number of hydrogen-bond acceptors (Lipinski definition) is 3. The lowest BCUT2D eigenvalue weighted by molar-refractivity contribution is -0.00722. The molecule has 18 heavy (non-hydrogen) atoms. The molecule has 0 bridgehead atoms. The van der Waals surface area contributed by atoms with Gasteiger partial charge >= 0.3 is 0 Å². The van der Waals surface area contributed by atoms with Crippen molar-refractivity contribution in [3.63, 3.8) is 0 Å². The fourth-order valence-corrected chi connectivity index (χ4v) is 3.94. The number of thiophene rings is 1. The van der Waals surface area contributed by atoms with Crippen LogP contribution in [0.25, 0.3) is 0 Å². The molecular weight excluding hydrogens is 310 g/mol. The average molecular weight is 332 g/mol. The maximum absolute atomic E-state index is 5.95. The van der Waals surface area contributed by atoms with Crippen molar-refractivity contribution in [2.24, 2.45) is 0 Å². The van der Waals surface area contributed by atoms with Gasteiger partial charge in [0.2, 0.25) is 0 Å². The number of hydrogen-bond donors (Lipinski definition) is 1. The van der Waals surface area contributed by atoms with E-state index in [9.17, 15) is 0 Å². The van der Waals surface area contributed by atoms with E-state index in [2.05, 4.69) is 39.6 Å². The Morgan fingerprint density at radius 1 is 1.56 bits per heavy atom. The first-order valence-electron chi connectivity index (χ1n) is 6.87. The molecule has 0 saturated carbocycles. The molecule has 0 spiro atoms. The second-order valence-electron chi connectivity index (χ2n) is 4.90. The van der Waals surface area contributed by atoms with Crippen LogP contribution in [0.1, 0.15) is 37.5 Å². The van der Waals surface area contributed by atoms with Crippen LogP contribution < -0.4 is 5.32 Å². The Bertz CT molecular complexity index is 349. The smallest absolute Gasteiger partial charge is 0.0731 e. The van der Waals surface area contributed by atoms with E-state index in [1.54, 1.807) is 0 Å². The van der Waals surface area contributed by atoms with E-state index >= 15 is 0 Å². The minimum Gasteiger partial charge on any atom is -0.377 e. The quantitative estimate of drug-likeness (QED) is 0.850. The maximum Gasteiger partial charge on any atom is 0.0731 e. The first-order valence-corrected chi connectivity index (χ1v) is 8.54. The lowest BCUT2D eigenvalue weighted by Gasteiger charge is -2.31. The van der Waals surface area contributed by atoms with Crippen LogP contribution in [0.3, 0.4) is 0 Å². The van der Waals surface area contributed by atoms with Crippen molar-refractivity contribution in [3.05, 3.63) is 20.8 Å². The predicted molar refractivity (Wildman–Crippen MR) is 81.4 cm³/mol. The van der Waals surface area contributed by atoms with Gasteiger partial charge in [0, 0.05) is 27.4 Å². The second-order valence-corrected chi connectivity index (χ2v) is 6.81. The van der Waals surface area contributed by atoms with Crippen LogP contribution in [-0.4, -0.2) is 25.3 Å². The molecule has 0 aromatic carbocycles. The predicted octanol–water partition coefficient (Wildman–Crippen LogP) is 3.99. The van der Waals surface area contributed by atoms with Crippen molar-refractivity contribution in [2.75, 3.05) is 13.2 Å². The Morgan fingerprint density at radius 2 is 2.44 bits per heavy atom. The molecule has 1 aromatic rings. The molecule has 2 atom stereocenters. The van der Waals surface area contributed by atoms with Gasteiger partial charge in [-0.05, 0) is 60.6 Å². The molecule has 0 amide bonds. The van der Waals surface area contributed by atoms with Gasteiger partial charge in [0.1, 0.15) is 0 Å². The third-order valence-corrected chi connectivity index (χ3v) is 5.08. The molecule has 4 heteroatoms. The van der Waals surface area contributed by atoms with Gasteiger partial charge in [-0.25, -0.2) is 0 Å². The summed E-state index contributed by atoms with van der Waals surface area (Å²) < 4.78 is 7.14. The number of halogens is 1. The number of nitrogens with one attached hydrogen (secondary N) is 1. The fourth-order valence-electron chi connectivity index (χ4n) is 2.43. The monoisotopic (exact) mass is 331 g/mol. The summed E-state index contributed by atoms with van der Waals surface area (Å²) in [4.78, 5) is 1.43. The van der Waals surface area contributed by atoms with Crippen molar-refractivity contribution < 1.29 is 4.74 Å². The van der Waals surface area contributed by atoms with Crippen molar-refractivity contribution in [1.29, 1.82) is 0 Å².